The Balaban J connectivity index is 1.92. The number of hydrogen-bond donors (Lipinski definition) is 0. The van der Waals surface area contributed by atoms with Gasteiger partial charge in [-0.2, -0.15) is 0 Å². The fourth-order valence-corrected chi connectivity index (χ4v) is 3.29. The van der Waals surface area contributed by atoms with Gasteiger partial charge in [0.15, 0.2) is 0 Å². The van der Waals surface area contributed by atoms with E-state index in [0.29, 0.717) is 4.47 Å². The zero-order valence-electron chi connectivity index (χ0n) is 12.6. The number of rotatable bonds is 5. The lowest BCUT2D eigenvalue weighted by Gasteiger charge is -2.33. The number of nitro benzene ring substituents is 1. The predicted molar refractivity (Wildman–Crippen MR) is 87.4 cm³/mol. The summed E-state index contributed by atoms with van der Waals surface area (Å²) in [7, 11) is 4.24. The van der Waals surface area contributed by atoms with Crippen molar-refractivity contribution in [2.45, 2.75) is 19.4 Å². The number of halogens is 1. The first-order chi connectivity index (χ1) is 9.95. The number of piperidine rings is 1. The van der Waals surface area contributed by atoms with Gasteiger partial charge in [-0.05, 0) is 73.5 Å². The third-order valence-electron chi connectivity index (χ3n) is 3.94. The van der Waals surface area contributed by atoms with Crippen LogP contribution in [0, 0.1) is 16.0 Å². The van der Waals surface area contributed by atoms with Crippen LogP contribution in [-0.2, 0) is 6.54 Å². The van der Waals surface area contributed by atoms with E-state index >= 15 is 0 Å². The van der Waals surface area contributed by atoms with Crippen molar-refractivity contribution in [1.29, 1.82) is 0 Å². The summed E-state index contributed by atoms with van der Waals surface area (Å²) in [5, 5.41) is 11.0. The molecule has 2 rings (SSSR count). The van der Waals surface area contributed by atoms with Crippen LogP contribution in [0.4, 0.5) is 5.69 Å². The normalized spacial score (nSPS) is 17.3. The fourth-order valence-electron chi connectivity index (χ4n) is 2.90. The highest BCUT2D eigenvalue weighted by Crippen LogP contribution is 2.27. The van der Waals surface area contributed by atoms with Crippen LogP contribution in [0.3, 0.4) is 0 Å². The minimum absolute atomic E-state index is 0.148. The van der Waals surface area contributed by atoms with E-state index in [1.165, 1.54) is 12.8 Å². The summed E-state index contributed by atoms with van der Waals surface area (Å²) < 4.78 is 0.543. The van der Waals surface area contributed by atoms with E-state index in [1.54, 1.807) is 12.1 Å². The molecule has 1 aliphatic heterocycles. The lowest BCUT2D eigenvalue weighted by molar-refractivity contribution is -0.385. The summed E-state index contributed by atoms with van der Waals surface area (Å²) >= 11 is 3.23. The predicted octanol–water partition coefficient (Wildman–Crippen LogP) is 3.13. The van der Waals surface area contributed by atoms with Crippen molar-refractivity contribution in [2.24, 2.45) is 5.92 Å². The molecule has 1 fully saturated rings. The maximum atomic E-state index is 11.0. The van der Waals surface area contributed by atoms with Crippen molar-refractivity contribution in [1.82, 2.24) is 9.80 Å². The van der Waals surface area contributed by atoms with E-state index in [2.05, 4.69) is 39.8 Å². The molecule has 1 aliphatic rings. The molecule has 0 amide bonds. The Bertz CT molecular complexity index is 500. The third-order valence-corrected chi connectivity index (χ3v) is 4.61. The molecule has 0 N–H and O–H groups in total. The molecule has 21 heavy (non-hydrogen) atoms. The Morgan fingerprint density at radius 3 is 2.62 bits per heavy atom. The maximum absolute atomic E-state index is 11.0. The molecular weight excluding hydrogens is 334 g/mol. The second-order valence-corrected chi connectivity index (χ2v) is 6.88. The minimum Gasteiger partial charge on any atom is -0.309 e. The highest BCUT2D eigenvalue weighted by molar-refractivity contribution is 9.10. The molecule has 1 aromatic carbocycles. The summed E-state index contributed by atoms with van der Waals surface area (Å²) in [5.41, 5.74) is 1.16. The first-order valence-corrected chi connectivity index (χ1v) is 8.05. The van der Waals surface area contributed by atoms with E-state index in [9.17, 15) is 10.1 Å². The molecule has 0 unspecified atom stereocenters. The summed E-state index contributed by atoms with van der Waals surface area (Å²) in [6.07, 6.45) is 2.41. The molecule has 0 saturated carbocycles. The average molecular weight is 356 g/mol. The Hall–Kier alpha value is -0.980. The summed E-state index contributed by atoms with van der Waals surface area (Å²) in [5.74, 6) is 0.774. The first kappa shape index (κ1) is 16.4. The van der Waals surface area contributed by atoms with Crippen molar-refractivity contribution in [3.8, 4) is 0 Å². The number of benzene rings is 1. The summed E-state index contributed by atoms with van der Waals surface area (Å²) in [6.45, 7) is 4.09. The van der Waals surface area contributed by atoms with Crippen molar-refractivity contribution in [3.05, 3.63) is 38.3 Å². The minimum atomic E-state index is -0.336. The molecule has 5 nitrogen and oxygen atoms in total. The maximum Gasteiger partial charge on any atom is 0.283 e. The Morgan fingerprint density at radius 2 is 2.05 bits per heavy atom. The van der Waals surface area contributed by atoms with Crippen molar-refractivity contribution >= 4 is 21.6 Å². The van der Waals surface area contributed by atoms with Crippen LogP contribution in [0.5, 0.6) is 0 Å². The largest absolute Gasteiger partial charge is 0.309 e. The van der Waals surface area contributed by atoms with Gasteiger partial charge in [-0.1, -0.05) is 6.07 Å². The van der Waals surface area contributed by atoms with Gasteiger partial charge in [-0.15, -0.1) is 0 Å². The second kappa shape index (κ2) is 7.33. The van der Waals surface area contributed by atoms with Crippen LogP contribution in [0.25, 0.3) is 0 Å². The third kappa shape index (κ3) is 4.76. The zero-order valence-corrected chi connectivity index (χ0v) is 14.2. The van der Waals surface area contributed by atoms with E-state index < -0.39 is 0 Å². The van der Waals surface area contributed by atoms with Crippen LogP contribution in [0.15, 0.2) is 22.7 Å². The van der Waals surface area contributed by atoms with Crippen LogP contribution in [-0.4, -0.2) is 48.5 Å². The smallest absolute Gasteiger partial charge is 0.283 e. The van der Waals surface area contributed by atoms with Crippen LogP contribution < -0.4 is 0 Å². The number of nitrogens with zero attached hydrogens (tertiary/aromatic N) is 3. The molecule has 6 heteroatoms. The van der Waals surface area contributed by atoms with Gasteiger partial charge in [0, 0.05) is 19.2 Å². The molecule has 116 valence electrons. The van der Waals surface area contributed by atoms with Crippen LogP contribution >= 0.6 is 15.9 Å². The SMILES string of the molecule is CN(C)CC1CCN(Cc2ccc(Br)c([N+](=O)[O-])c2)CC1. The molecule has 1 aromatic rings. The van der Waals surface area contributed by atoms with E-state index in [0.717, 1.165) is 37.7 Å². The average Bonchev–Trinajstić information content (AvgIpc) is 2.42. The monoisotopic (exact) mass is 355 g/mol. The zero-order chi connectivity index (χ0) is 15.4. The van der Waals surface area contributed by atoms with Gasteiger partial charge in [0.25, 0.3) is 5.69 Å². The molecule has 1 heterocycles. The van der Waals surface area contributed by atoms with Crippen molar-refractivity contribution < 1.29 is 4.92 Å². The van der Waals surface area contributed by atoms with E-state index in [4.69, 9.17) is 0 Å². The van der Waals surface area contributed by atoms with Gasteiger partial charge in [0.05, 0.1) is 9.40 Å². The molecule has 0 bridgehead atoms. The number of likely N-dealkylation sites (tertiary alicyclic amines) is 1. The molecular formula is C15H22BrN3O2. The van der Waals surface area contributed by atoms with Crippen molar-refractivity contribution in [2.75, 3.05) is 33.7 Å². The van der Waals surface area contributed by atoms with Gasteiger partial charge in [-0.25, -0.2) is 0 Å². The van der Waals surface area contributed by atoms with Crippen molar-refractivity contribution in [3.63, 3.8) is 0 Å². The van der Waals surface area contributed by atoms with Gasteiger partial charge in [0.2, 0.25) is 0 Å². The highest BCUT2D eigenvalue weighted by Gasteiger charge is 2.20. The fraction of sp³-hybridized carbons (Fsp3) is 0.600. The standard InChI is InChI=1S/C15H22BrN3O2/c1-17(2)10-12-5-7-18(8-6-12)11-13-3-4-14(16)15(9-13)19(20)21/h3-4,9,12H,5-8,10-11H2,1-2H3. The molecule has 0 atom stereocenters. The molecule has 0 spiro atoms. The number of hydrogen-bond acceptors (Lipinski definition) is 4. The Morgan fingerprint density at radius 1 is 1.38 bits per heavy atom. The Kier molecular flexibility index (Phi) is 5.72. The van der Waals surface area contributed by atoms with Gasteiger partial charge in [-0.3, -0.25) is 15.0 Å². The highest BCUT2D eigenvalue weighted by atomic mass is 79.9. The quantitative estimate of drug-likeness (QED) is 0.601. The van der Waals surface area contributed by atoms with Gasteiger partial charge >= 0.3 is 0 Å². The lowest BCUT2D eigenvalue weighted by Crippen LogP contribution is -2.36. The van der Waals surface area contributed by atoms with E-state index in [-0.39, 0.29) is 10.6 Å². The summed E-state index contributed by atoms with van der Waals surface area (Å²) in [6, 6.07) is 5.41. The molecule has 0 radical (unpaired) electrons. The van der Waals surface area contributed by atoms with Crippen LogP contribution in [0.2, 0.25) is 0 Å². The number of nitro groups is 1. The van der Waals surface area contributed by atoms with Crippen LogP contribution in [0.1, 0.15) is 18.4 Å². The molecule has 0 aromatic heterocycles. The lowest BCUT2D eigenvalue weighted by atomic mass is 9.96. The van der Waals surface area contributed by atoms with E-state index in [1.807, 2.05) is 6.07 Å². The Labute approximate surface area is 134 Å². The first-order valence-electron chi connectivity index (χ1n) is 7.25. The topological polar surface area (TPSA) is 49.6 Å². The summed E-state index contributed by atoms with van der Waals surface area (Å²) in [4.78, 5) is 15.3. The molecule has 1 saturated heterocycles. The van der Waals surface area contributed by atoms with Gasteiger partial charge in [0.1, 0.15) is 0 Å². The second-order valence-electron chi connectivity index (χ2n) is 6.02. The molecule has 0 aliphatic carbocycles. The van der Waals surface area contributed by atoms with Gasteiger partial charge < -0.3 is 4.90 Å².